The first-order chi connectivity index (χ1) is 8.06. The Bertz CT molecular complexity index is 293. The van der Waals surface area contributed by atoms with Gasteiger partial charge in [0.2, 0.25) is 5.91 Å². The molecular formula is C13H24N2O2. The second-order valence-electron chi connectivity index (χ2n) is 5.86. The van der Waals surface area contributed by atoms with E-state index < -0.39 is 0 Å². The monoisotopic (exact) mass is 240 g/mol. The zero-order valence-corrected chi connectivity index (χ0v) is 11.0. The fraction of sp³-hybridized carbons (Fsp3) is 0.923. The van der Waals surface area contributed by atoms with Crippen LogP contribution in [0.1, 0.15) is 33.1 Å². The van der Waals surface area contributed by atoms with E-state index in [0.29, 0.717) is 18.4 Å². The molecule has 2 fully saturated rings. The van der Waals surface area contributed by atoms with Gasteiger partial charge in [-0.3, -0.25) is 4.79 Å². The summed E-state index contributed by atoms with van der Waals surface area (Å²) in [4.78, 5) is 16.4. The summed E-state index contributed by atoms with van der Waals surface area (Å²) in [5.74, 6) is 0.317. The predicted octanol–water partition coefficient (Wildman–Crippen LogP) is 0.702. The van der Waals surface area contributed by atoms with Crippen LogP contribution < -0.4 is 0 Å². The average molecular weight is 240 g/mol. The van der Waals surface area contributed by atoms with E-state index in [-0.39, 0.29) is 12.0 Å². The lowest BCUT2D eigenvalue weighted by atomic mass is 9.77. The van der Waals surface area contributed by atoms with E-state index in [0.717, 1.165) is 39.0 Å². The van der Waals surface area contributed by atoms with Crippen LogP contribution >= 0.6 is 0 Å². The minimum Gasteiger partial charge on any atom is -0.395 e. The first kappa shape index (κ1) is 12.8. The number of piperidine rings is 1. The van der Waals surface area contributed by atoms with Crippen molar-refractivity contribution in [1.29, 1.82) is 0 Å². The fourth-order valence-corrected chi connectivity index (χ4v) is 3.25. The molecule has 17 heavy (non-hydrogen) atoms. The third-order valence-electron chi connectivity index (χ3n) is 4.29. The maximum absolute atomic E-state index is 12.1. The van der Waals surface area contributed by atoms with Crippen LogP contribution in [0.25, 0.3) is 0 Å². The standard InChI is InChI=1S/C13H24N2O2/c1-11(2)15-6-4-13(9-12(15)17)3-5-14(10-13)7-8-16/h11,16H,3-10H2,1-2H3. The number of aliphatic hydroxyl groups is 1. The number of β-amino-alcohol motifs (C(OH)–C–C–N with tert-alkyl or cyclic N) is 1. The van der Waals surface area contributed by atoms with Gasteiger partial charge >= 0.3 is 0 Å². The highest BCUT2D eigenvalue weighted by Gasteiger charge is 2.43. The lowest BCUT2D eigenvalue weighted by Gasteiger charge is -2.40. The van der Waals surface area contributed by atoms with E-state index >= 15 is 0 Å². The second kappa shape index (κ2) is 4.94. The molecule has 1 spiro atoms. The Morgan fingerprint density at radius 1 is 1.35 bits per heavy atom. The molecular weight excluding hydrogens is 216 g/mol. The van der Waals surface area contributed by atoms with Crippen LogP contribution in [0.2, 0.25) is 0 Å². The van der Waals surface area contributed by atoms with Crippen LogP contribution in [-0.4, -0.2) is 59.6 Å². The lowest BCUT2D eigenvalue weighted by molar-refractivity contribution is -0.139. The minimum absolute atomic E-state index is 0.206. The number of rotatable bonds is 3. The summed E-state index contributed by atoms with van der Waals surface area (Å²) in [6.45, 7) is 8.08. The molecule has 98 valence electrons. The van der Waals surface area contributed by atoms with E-state index in [1.807, 2.05) is 4.90 Å². The summed E-state index contributed by atoms with van der Waals surface area (Å²) in [5.41, 5.74) is 0.206. The minimum atomic E-state index is 0.206. The molecule has 2 aliphatic rings. The molecule has 0 aromatic heterocycles. The van der Waals surface area contributed by atoms with E-state index in [1.165, 1.54) is 0 Å². The van der Waals surface area contributed by atoms with Gasteiger partial charge in [-0.15, -0.1) is 0 Å². The van der Waals surface area contributed by atoms with Crippen LogP contribution in [0.15, 0.2) is 0 Å². The summed E-state index contributed by atoms with van der Waals surface area (Å²) in [6, 6.07) is 0.329. The highest BCUT2D eigenvalue weighted by Crippen LogP contribution is 2.41. The molecule has 2 saturated heterocycles. The largest absolute Gasteiger partial charge is 0.395 e. The van der Waals surface area contributed by atoms with Crippen molar-refractivity contribution in [2.45, 2.75) is 39.2 Å². The first-order valence-electron chi connectivity index (χ1n) is 6.69. The van der Waals surface area contributed by atoms with Crippen molar-refractivity contribution in [1.82, 2.24) is 9.80 Å². The second-order valence-corrected chi connectivity index (χ2v) is 5.86. The van der Waals surface area contributed by atoms with Crippen molar-refractivity contribution < 1.29 is 9.90 Å². The number of likely N-dealkylation sites (tertiary alicyclic amines) is 2. The molecule has 2 aliphatic heterocycles. The Labute approximate surface area is 104 Å². The molecule has 0 aromatic carbocycles. The van der Waals surface area contributed by atoms with E-state index in [2.05, 4.69) is 18.7 Å². The Hall–Kier alpha value is -0.610. The van der Waals surface area contributed by atoms with Gasteiger partial charge in [0.25, 0.3) is 0 Å². The lowest BCUT2D eigenvalue weighted by Crippen LogP contribution is -2.48. The fourth-order valence-electron chi connectivity index (χ4n) is 3.25. The molecule has 0 aliphatic carbocycles. The van der Waals surface area contributed by atoms with Crippen molar-refractivity contribution in [2.75, 3.05) is 32.8 Å². The zero-order chi connectivity index (χ0) is 12.5. The van der Waals surface area contributed by atoms with Gasteiger partial charge in [-0.2, -0.15) is 0 Å². The maximum atomic E-state index is 12.1. The number of aliphatic hydroxyl groups excluding tert-OH is 1. The van der Waals surface area contributed by atoms with Gasteiger partial charge < -0.3 is 14.9 Å². The summed E-state index contributed by atoms with van der Waals surface area (Å²) in [6.07, 6.45) is 2.94. The van der Waals surface area contributed by atoms with Gasteiger partial charge in [0.05, 0.1) is 6.61 Å². The number of hydrogen-bond acceptors (Lipinski definition) is 3. The Morgan fingerprint density at radius 2 is 2.06 bits per heavy atom. The van der Waals surface area contributed by atoms with Crippen LogP contribution in [-0.2, 0) is 4.79 Å². The number of carbonyl (C=O) groups excluding carboxylic acids is 1. The third-order valence-corrected chi connectivity index (χ3v) is 4.29. The molecule has 2 rings (SSSR count). The van der Waals surface area contributed by atoms with E-state index in [1.54, 1.807) is 0 Å². The molecule has 1 unspecified atom stereocenters. The van der Waals surface area contributed by atoms with E-state index in [4.69, 9.17) is 5.11 Å². The molecule has 1 N–H and O–H groups in total. The number of nitrogens with zero attached hydrogens (tertiary/aromatic N) is 2. The van der Waals surface area contributed by atoms with Gasteiger partial charge in [-0.1, -0.05) is 0 Å². The highest BCUT2D eigenvalue weighted by molar-refractivity contribution is 5.78. The van der Waals surface area contributed by atoms with Crippen LogP contribution in [0.5, 0.6) is 0 Å². The highest BCUT2D eigenvalue weighted by atomic mass is 16.3. The maximum Gasteiger partial charge on any atom is 0.223 e. The van der Waals surface area contributed by atoms with E-state index in [9.17, 15) is 4.79 Å². The molecule has 1 amide bonds. The van der Waals surface area contributed by atoms with Gasteiger partial charge in [0, 0.05) is 32.1 Å². The normalized spacial score (nSPS) is 30.8. The van der Waals surface area contributed by atoms with Gasteiger partial charge in [-0.25, -0.2) is 0 Å². The summed E-state index contributed by atoms with van der Waals surface area (Å²) < 4.78 is 0. The van der Waals surface area contributed by atoms with Crippen molar-refractivity contribution in [3.05, 3.63) is 0 Å². The molecule has 0 aromatic rings. The third kappa shape index (κ3) is 2.63. The summed E-state index contributed by atoms with van der Waals surface area (Å²) in [5, 5.41) is 8.96. The average Bonchev–Trinajstić information content (AvgIpc) is 2.61. The molecule has 4 heteroatoms. The molecule has 0 radical (unpaired) electrons. The van der Waals surface area contributed by atoms with Gasteiger partial charge in [-0.05, 0) is 38.6 Å². The molecule has 0 bridgehead atoms. The molecule has 1 atom stereocenters. The van der Waals surface area contributed by atoms with Gasteiger partial charge in [0.1, 0.15) is 0 Å². The predicted molar refractivity (Wildman–Crippen MR) is 66.7 cm³/mol. The Morgan fingerprint density at radius 3 is 2.65 bits per heavy atom. The number of carbonyl (C=O) groups is 1. The molecule has 4 nitrogen and oxygen atoms in total. The Kier molecular flexibility index (Phi) is 3.73. The number of amides is 1. The van der Waals surface area contributed by atoms with Crippen LogP contribution in [0, 0.1) is 5.41 Å². The zero-order valence-electron chi connectivity index (χ0n) is 11.0. The molecule has 2 heterocycles. The van der Waals surface area contributed by atoms with Crippen molar-refractivity contribution >= 4 is 5.91 Å². The molecule has 0 saturated carbocycles. The number of hydrogen-bond donors (Lipinski definition) is 1. The van der Waals surface area contributed by atoms with Crippen LogP contribution in [0.4, 0.5) is 0 Å². The van der Waals surface area contributed by atoms with Crippen molar-refractivity contribution in [3.8, 4) is 0 Å². The van der Waals surface area contributed by atoms with Crippen molar-refractivity contribution in [2.24, 2.45) is 5.41 Å². The smallest absolute Gasteiger partial charge is 0.223 e. The quantitative estimate of drug-likeness (QED) is 0.790. The van der Waals surface area contributed by atoms with Gasteiger partial charge in [0.15, 0.2) is 0 Å². The first-order valence-corrected chi connectivity index (χ1v) is 6.69. The Balaban J connectivity index is 1.95. The summed E-state index contributed by atoms with van der Waals surface area (Å²) >= 11 is 0. The topological polar surface area (TPSA) is 43.8 Å². The van der Waals surface area contributed by atoms with Crippen LogP contribution in [0.3, 0.4) is 0 Å². The van der Waals surface area contributed by atoms with Crippen molar-refractivity contribution in [3.63, 3.8) is 0 Å². The summed E-state index contributed by atoms with van der Waals surface area (Å²) in [7, 11) is 0. The SMILES string of the molecule is CC(C)N1CCC2(CCN(CCO)C2)CC1=O.